The van der Waals surface area contributed by atoms with E-state index in [9.17, 15) is 9.18 Å². The van der Waals surface area contributed by atoms with Gasteiger partial charge in [-0.25, -0.2) is 4.39 Å². The van der Waals surface area contributed by atoms with Crippen LogP contribution in [0.15, 0.2) is 54.6 Å². The van der Waals surface area contributed by atoms with E-state index in [4.69, 9.17) is 0 Å². The summed E-state index contributed by atoms with van der Waals surface area (Å²) in [6.45, 7) is 0.482. The van der Waals surface area contributed by atoms with Gasteiger partial charge in [0.2, 0.25) is 5.91 Å². The Labute approximate surface area is 130 Å². The lowest BCUT2D eigenvalue weighted by molar-refractivity contribution is -0.126. The summed E-state index contributed by atoms with van der Waals surface area (Å²) in [7, 11) is 0. The summed E-state index contributed by atoms with van der Waals surface area (Å²) in [4.78, 5) is 12.8. The molecule has 0 bridgehead atoms. The second-order valence-electron chi connectivity index (χ2n) is 5.94. The Bertz CT molecular complexity index is 647. The number of halogens is 1. The average Bonchev–Trinajstić information content (AvgIpc) is 3.05. The summed E-state index contributed by atoms with van der Waals surface area (Å²) >= 11 is 0. The Kier molecular flexibility index (Phi) is 4.23. The number of nitrogens with one attached hydrogen (secondary N) is 1. The van der Waals surface area contributed by atoms with Gasteiger partial charge >= 0.3 is 0 Å². The molecule has 0 aromatic heterocycles. The first kappa shape index (κ1) is 14.8. The molecule has 114 valence electrons. The molecule has 22 heavy (non-hydrogen) atoms. The van der Waals surface area contributed by atoms with Crippen LogP contribution in [0.25, 0.3) is 0 Å². The molecule has 2 nitrogen and oxygen atoms in total. The van der Waals surface area contributed by atoms with Crippen LogP contribution in [0.1, 0.15) is 36.8 Å². The van der Waals surface area contributed by atoms with Gasteiger partial charge in [-0.3, -0.25) is 4.79 Å². The van der Waals surface area contributed by atoms with Crippen molar-refractivity contribution < 1.29 is 9.18 Å². The Morgan fingerprint density at radius 1 is 1.00 bits per heavy atom. The molecule has 0 spiro atoms. The van der Waals surface area contributed by atoms with Crippen molar-refractivity contribution in [3.05, 3.63) is 71.5 Å². The van der Waals surface area contributed by atoms with Gasteiger partial charge in [-0.2, -0.15) is 0 Å². The van der Waals surface area contributed by atoms with Crippen LogP contribution in [0.3, 0.4) is 0 Å². The van der Waals surface area contributed by atoms with E-state index in [-0.39, 0.29) is 11.7 Å². The maximum absolute atomic E-state index is 14.2. The SMILES string of the molecule is O=C(NCc1ccccc1)C1(c2ccccc2F)CCCC1. The molecular formula is C19H20FNO. The quantitative estimate of drug-likeness (QED) is 0.909. The van der Waals surface area contributed by atoms with Crippen molar-refractivity contribution in [1.29, 1.82) is 0 Å². The maximum Gasteiger partial charge on any atom is 0.231 e. The van der Waals surface area contributed by atoms with Crippen LogP contribution in [0, 0.1) is 5.82 Å². The fraction of sp³-hybridized carbons (Fsp3) is 0.316. The topological polar surface area (TPSA) is 29.1 Å². The van der Waals surface area contributed by atoms with Crippen molar-refractivity contribution in [3.63, 3.8) is 0 Å². The minimum absolute atomic E-state index is 0.0565. The standard InChI is InChI=1S/C19H20FNO/c20-17-11-5-4-10-16(17)19(12-6-7-13-19)18(22)21-14-15-8-2-1-3-9-15/h1-5,8-11H,6-7,12-14H2,(H,21,22). The van der Waals surface area contributed by atoms with Gasteiger partial charge in [0.1, 0.15) is 5.82 Å². The van der Waals surface area contributed by atoms with Gasteiger partial charge in [0.25, 0.3) is 0 Å². The largest absolute Gasteiger partial charge is 0.351 e. The smallest absolute Gasteiger partial charge is 0.231 e. The Morgan fingerprint density at radius 3 is 2.32 bits per heavy atom. The zero-order valence-corrected chi connectivity index (χ0v) is 12.5. The minimum Gasteiger partial charge on any atom is -0.351 e. The number of carbonyl (C=O) groups is 1. The summed E-state index contributed by atoms with van der Waals surface area (Å²) in [5.41, 5.74) is 0.885. The molecule has 3 heteroatoms. The lowest BCUT2D eigenvalue weighted by atomic mass is 9.77. The summed E-state index contributed by atoms with van der Waals surface area (Å²) < 4.78 is 14.2. The first-order chi connectivity index (χ1) is 10.7. The molecular weight excluding hydrogens is 277 g/mol. The van der Waals surface area contributed by atoms with Crippen molar-refractivity contribution in [2.45, 2.75) is 37.6 Å². The zero-order chi connectivity index (χ0) is 15.4. The van der Waals surface area contributed by atoms with Crippen LogP contribution in [-0.4, -0.2) is 5.91 Å². The van der Waals surface area contributed by atoms with E-state index in [1.165, 1.54) is 6.07 Å². The van der Waals surface area contributed by atoms with Crippen molar-refractivity contribution in [1.82, 2.24) is 5.32 Å². The van der Waals surface area contributed by atoms with E-state index in [1.807, 2.05) is 36.4 Å². The average molecular weight is 297 g/mol. The molecule has 0 aliphatic heterocycles. The lowest BCUT2D eigenvalue weighted by Crippen LogP contribution is -2.42. The van der Waals surface area contributed by atoms with E-state index in [0.717, 1.165) is 18.4 Å². The molecule has 1 fully saturated rings. The van der Waals surface area contributed by atoms with Crippen LogP contribution >= 0.6 is 0 Å². The highest BCUT2D eigenvalue weighted by molar-refractivity contribution is 5.88. The van der Waals surface area contributed by atoms with Crippen molar-refractivity contribution in [3.8, 4) is 0 Å². The Hall–Kier alpha value is -2.16. The van der Waals surface area contributed by atoms with Gasteiger partial charge in [-0.1, -0.05) is 61.4 Å². The van der Waals surface area contributed by atoms with E-state index in [2.05, 4.69) is 5.32 Å². The number of benzene rings is 2. The van der Waals surface area contributed by atoms with Crippen LogP contribution in [0.5, 0.6) is 0 Å². The number of carbonyl (C=O) groups excluding carboxylic acids is 1. The number of hydrogen-bond acceptors (Lipinski definition) is 1. The fourth-order valence-corrected chi connectivity index (χ4v) is 3.39. The molecule has 0 atom stereocenters. The molecule has 1 amide bonds. The molecule has 0 radical (unpaired) electrons. The summed E-state index contributed by atoms with van der Waals surface area (Å²) in [6, 6.07) is 16.5. The highest BCUT2D eigenvalue weighted by atomic mass is 19.1. The molecule has 0 saturated heterocycles. The van der Waals surface area contributed by atoms with E-state index in [1.54, 1.807) is 12.1 Å². The molecule has 3 rings (SSSR count). The Morgan fingerprint density at radius 2 is 1.64 bits per heavy atom. The van der Waals surface area contributed by atoms with Crippen LogP contribution in [0.4, 0.5) is 4.39 Å². The third-order valence-electron chi connectivity index (χ3n) is 4.58. The third-order valence-corrected chi connectivity index (χ3v) is 4.58. The number of rotatable bonds is 4. The predicted octanol–water partition coefficient (Wildman–Crippen LogP) is 3.95. The second kappa shape index (κ2) is 6.30. The molecule has 1 saturated carbocycles. The van der Waals surface area contributed by atoms with Gasteiger partial charge in [-0.05, 0) is 24.5 Å². The van der Waals surface area contributed by atoms with E-state index in [0.29, 0.717) is 24.9 Å². The van der Waals surface area contributed by atoms with E-state index >= 15 is 0 Å². The lowest BCUT2D eigenvalue weighted by Gasteiger charge is -2.28. The van der Waals surface area contributed by atoms with Gasteiger partial charge in [0.05, 0.1) is 5.41 Å². The highest BCUT2D eigenvalue weighted by Gasteiger charge is 2.44. The highest BCUT2D eigenvalue weighted by Crippen LogP contribution is 2.42. The molecule has 1 N–H and O–H groups in total. The van der Waals surface area contributed by atoms with E-state index < -0.39 is 5.41 Å². The fourth-order valence-electron chi connectivity index (χ4n) is 3.39. The molecule has 0 unspecified atom stereocenters. The Balaban J connectivity index is 1.82. The second-order valence-corrected chi connectivity index (χ2v) is 5.94. The summed E-state index contributed by atoms with van der Waals surface area (Å²) in [5, 5.41) is 3.00. The van der Waals surface area contributed by atoms with Gasteiger partial charge in [-0.15, -0.1) is 0 Å². The summed E-state index contributed by atoms with van der Waals surface area (Å²) in [6.07, 6.45) is 3.36. The molecule has 1 aliphatic carbocycles. The third kappa shape index (κ3) is 2.76. The van der Waals surface area contributed by atoms with Crippen molar-refractivity contribution >= 4 is 5.91 Å². The zero-order valence-electron chi connectivity index (χ0n) is 12.5. The van der Waals surface area contributed by atoms with Crippen molar-refractivity contribution in [2.75, 3.05) is 0 Å². The first-order valence-corrected chi connectivity index (χ1v) is 7.80. The monoisotopic (exact) mass is 297 g/mol. The van der Waals surface area contributed by atoms with Gasteiger partial charge < -0.3 is 5.32 Å². The van der Waals surface area contributed by atoms with Crippen LogP contribution < -0.4 is 5.32 Å². The molecule has 1 aliphatic rings. The van der Waals surface area contributed by atoms with Crippen LogP contribution in [-0.2, 0) is 16.8 Å². The predicted molar refractivity (Wildman–Crippen MR) is 84.8 cm³/mol. The number of hydrogen-bond donors (Lipinski definition) is 1. The first-order valence-electron chi connectivity index (χ1n) is 7.80. The minimum atomic E-state index is -0.708. The number of amides is 1. The normalized spacial score (nSPS) is 16.4. The van der Waals surface area contributed by atoms with Gasteiger partial charge in [0, 0.05) is 12.1 Å². The maximum atomic E-state index is 14.2. The summed E-state index contributed by atoms with van der Waals surface area (Å²) in [5.74, 6) is -0.335. The molecule has 0 heterocycles. The van der Waals surface area contributed by atoms with Crippen LogP contribution in [0.2, 0.25) is 0 Å². The molecule has 2 aromatic rings. The van der Waals surface area contributed by atoms with Crippen molar-refractivity contribution in [2.24, 2.45) is 0 Å². The molecule has 2 aromatic carbocycles. The van der Waals surface area contributed by atoms with Gasteiger partial charge in [0.15, 0.2) is 0 Å².